The number of aromatic nitrogens is 2. The highest BCUT2D eigenvalue weighted by Crippen LogP contribution is 2.30. The number of carbonyl (C=O) groups excluding carboxylic acids is 1. The van der Waals surface area contributed by atoms with Gasteiger partial charge in [0.25, 0.3) is 5.91 Å². The van der Waals surface area contributed by atoms with Gasteiger partial charge >= 0.3 is 0 Å². The smallest absolute Gasteiger partial charge is 0.275 e. The van der Waals surface area contributed by atoms with E-state index in [4.69, 9.17) is 34.8 Å². The fourth-order valence-electron chi connectivity index (χ4n) is 2.02. The van der Waals surface area contributed by atoms with Crippen molar-refractivity contribution in [3.05, 3.63) is 75.6 Å². The van der Waals surface area contributed by atoms with Gasteiger partial charge in [0.1, 0.15) is 11.5 Å². The molecule has 126 valence electrons. The van der Waals surface area contributed by atoms with Crippen LogP contribution in [0.15, 0.2) is 54.9 Å². The van der Waals surface area contributed by atoms with Crippen LogP contribution < -0.4 is 10.6 Å². The first-order valence-corrected chi connectivity index (χ1v) is 8.26. The van der Waals surface area contributed by atoms with Gasteiger partial charge in [0.15, 0.2) is 0 Å². The van der Waals surface area contributed by atoms with Crippen LogP contribution in [-0.4, -0.2) is 15.9 Å². The second-order valence-electron chi connectivity index (χ2n) is 4.97. The zero-order valence-electron chi connectivity index (χ0n) is 12.6. The number of carbonyl (C=O) groups is 1. The molecule has 3 aromatic rings. The van der Waals surface area contributed by atoms with E-state index < -0.39 is 5.91 Å². The number of nitrogens with zero attached hydrogens (tertiary/aromatic N) is 2. The maximum atomic E-state index is 12.3. The molecule has 2 N–H and O–H groups in total. The van der Waals surface area contributed by atoms with Crippen LogP contribution in [0.2, 0.25) is 15.1 Å². The van der Waals surface area contributed by atoms with Gasteiger partial charge in [0.05, 0.1) is 28.1 Å². The van der Waals surface area contributed by atoms with Crippen molar-refractivity contribution in [2.45, 2.75) is 0 Å². The SMILES string of the molecule is O=C(Nc1c(Cl)cccc1Cl)c1cnc(Nc2cccc(Cl)c2)cn1. The van der Waals surface area contributed by atoms with Crippen molar-refractivity contribution in [3.63, 3.8) is 0 Å². The molecule has 0 saturated carbocycles. The molecule has 0 atom stereocenters. The standard InChI is InChI=1S/C17H11Cl3N4O/c18-10-3-1-4-11(7-10)23-15-9-21-14(8-22-15)17(25)24-16-12(19)5-2-6-13(16)20/h1-9H,(H,22,23)(H,24,25). The van der Waals surface area contributed by atoms with Crippen molar-refractivity contribution in [2.24, 2.45) is 0 Å². The Morgan fingerprint density at radius 2 is 1.64 bits per heavy atom. The summed E-state index contributed by atoms with van der Waals surface area (Å²) in [7, 11) is 0. The lowest BCUT2D eigenvalue weighted by Crippen LogP contribution is -2.15. The monoisotopic (exact) mass is 392 g/mol. The molecular weight excluding hydrogens is 383 g/mol. The summed E-state index contributed by atoms with van der Waals surface area (Å²) in [6, 6.07) is 12.1. The van der Waals surface area contributed by atoms with E-state index in [9.17, 15) is 4.79 Å². The molecule has 0 unspecified atom stereocenters. The molecule has 0 aliphatic rings. The van der Waals surface area contributed by atoms with Crippen LogP contribution in [0.3, 0.4) is 0 Å². The van der Waals surface area contributed by atoms with Crippen molar-refractivity contribution in [1.82, 2.24) is 9.97 Å². The second kappa shape index (κ2) is 7.70. The summed E-state index contributed by atoms with van der Waals surface area (Å²) in [4.78, 5) is 20.5. The third-order valence-electron chi connectivity index (χ3n) is 3.18. The Labute approximate surface area is 159 Å². The van der Waals surface area contributed by atoms with E-state index >= 15 is 0 Å². The van der Waals surface area contributed by atoms with E-state index in [1.165, 1.54) is 12.4 Å². The molecule has 0 radical (unpaired) electrons. The highest BCUT2D eigenvalue weighted by atomic mass is 35.5. The molecule has 0 spiro atoms. The van der Waals surface area contributed by atoms with Crippen LogP contribution in [0.5, 0.6) is 0 Å². The number of rotatable bonds is 4. The van der Waals surface area contributed by atoms with Crippen LogP contribution in [0.1, 0.15) is 10.5 Å². The van der Waals surface area contributed by atoms with Crippen LogP contribution in [0.25, 0.3) is 0 Å². The lowest BCUT2D eigenvalue weighted by molar-refractivity contribution is 0.102. The largest absolute Gasteiger partial charge is 0.339 e. The molecule has 25 heavy (non-hydrogen) atoms. The zero-order valence-corrected chi connectivity index (χ0v) is 14.9. The number of hydrogen-bond donors (Lipinski definition) is 2. The van der Waals surface area contributed by atoms with Gasteiger partial charge < -0.3 is 10.6 Å². The topological polar surface area (TPSA) is 66.9 Å². The molecule has 8 heteroatoms. The van der Waals surface area contributed by atoms with Crippen molar-refractivity contribution in [2.75, 3.05) is 10.6 Å². The van der Waals surface area contributed by atoms with Crippen LogP contribution in [0.4, 0.5) is 17.2 Å². The minimum absolute atomic E-state index is 0.132. The number of para-hydroxylation sites is 1. The quantitative estimate of drug-likeness (QED) is 0.620. The Balaban J connectivity index is 1.72. The second-order valence-corrected chi connectivity index (χ2v) is 6.22. The summed E-state index contributed by atoms with van der Waals surface area (Å²) < 4.78 is 0. The molecule has 0 aliphatic carbocycles. The van der Waals surface area contributed by atoms with Gasteiger partial charge in [-0.05, 0) is 30.3 Å². The predicted molar refractivity (Wildman–Crippen MR) is 101 cm³/mol. The van der Waals surface area contributed by atoms with E-state index in [1.54, 1.807) is 30.3 Å². The van der Waals surface area contributed by atoms with Gasteiger partial charge in [-0.1, -0.05) is 46.9 Å². The Bertz CT molecular complexity index is 896. The van der Waals surface area contributed by atoms with Gasteiger partial charge in [-0.3, -0.25) is 4.79 Å². The van der Waals surface area contributed by atoms with Crippen molar-refractivity contribution < 1.29 is 4.79 Å². The average molecular weight is 394 g/mol. The van der Waals surface area contributed by atoms with Crippen LogP contribution in [-0.2, 0) is 0 Å². The molecule has 0 fully saturated rings. The normalized spacial score (nSPS) is 10.4. The number of benzene rings is 2. The first-order chi connectivity index (χ1) is 12.0. The van der Waals surface area contributed by atoms with E-state index in [1.807, 2.05) is 12.1 Å². The number of halogens is 3. The van der Waals surface area contributed by atoms with Gasteiger partial charge in [-0.2, -0.15) is 0 Å². The van der Waals surface area contributed by atoms with Gasteiger partial charge in [0.2, 0.25) is 0 Å². The fourth-order valence-corrected chi connectivity index (χ4v) is 2.70. The summed E-state index contributed by atoms with van der Waals surface area (Å²) in [5, 5.41) is 6.96. The molecule has 0 saturated heterocycles. The molecule has 1 heterocycles. The van der Waals surface area contributed by atoms with E-state index in [2.05, 4.69) is 20.6 Å². The van der Waals surface area contributed by atoms with Crippen molar-refractivity contribution >= 4 is 57.9 Å². The fraction of sp³-hybridized carbons (Fsp3) is 0. The lowest BCUT2D eigenvalue weighted by atomic mass is 10.3. The Kier molecular flexibility index (Phi) is 5.38. The highest BCUT2D eigenvalue weighted by Gasteiger charge is 2.13. The molecule has 1 aromatic heterocycles. The minimum Gasteiger partial charge on any atom is -0.339 e. The summed E-state index contributed by atoms with van der Waals surface area (Å²) in [6.07, 6.45) is 2.80. The minimum atomic E-state index is -0.461. The zero-order chi connectivity index (χ0) is 17.8. The number of hydrogen-bond acceptors (Lipinski definition) is 4. The van der Waals surface area contributed by atoms with E-state index in [0.29, 0.717) is 26.6 Å². The Morgan fingerprint density at radius 1 is 0.920 bits per heavy atom. The van der Waals surface area contributed by atoms with Gasteiger partial charge in [0, 0.05) is 10.7 Å². The summed E-state index contributed by atoms with van der Waals surface area (Å²) in [6.45, 7) is 0. The van der Waals surface area contributed by atoms with Crippen LogP contribution >= 0.6 is 34.8 Å². The van der Waals surface area contributed by atoms with E-state index in [-0.39, 0.29) is 5.69 Å². The van der Waals surface area contributed by atoms with E-state index in [0.717, 1.165) is 5.69 Å². The summed E-state index contributed by atoms with van der Waals surface area (Å²) in [5.74, 6) is 0.0198. The molecule has 3 rings (SSSR count). The third kappa shape index (κ3) is 4.39. The van der Waals surface area contributed by atoms with Crippen molar-refractivity contribution in [3.8, 4) is 0 Å². The maximum Gasteiger partial charge on any atom is 0.275 e. The lowest BCUT2D eigenvalue weighted by Gasteiger charge is -2.09. The third-order valence-corrected chi connectivity index (χ3v) is 4.05. The maximum absolute atomic E-state index is 12.3. The molecule has 1 amide bonds. The molecule has 2 aromatic carbocycles. The molecule has 0 bridgehead atoms. The van der Waals surface area contributed by atoms with Crippen molar-refractivity contribution in [1.29, 1.82) is 0 Å². The number of amides is 1. The van der Waals surface area contributed by atoms with Crippen LogP contribution in [0, 0.1) is 0 Å². The number of anilines is 3. The van der Waals surface area contributed by atoms with Gasteiger partial charge in [-0.25, -0.2) is 9.97 Å². The number of nitrogens with one attached hydrogen (secondary N) is 2. The predicted octanol–water partition coefficient (Wildman–Crippen LogP) is 5.43. The highest BCUT2D eigenvalue weighted by molar-refractivity contribution is 6.40. The summed E-state index contributed by atoms with van der Waals surface area (Å²) >= 11 is 18.0. The molecule has 5 nitrogen and oxygen atoms in total. The molecule has 0 aliphatic heterocycles. The first-order valence-electron chi connectivity index (χ1n) is 7.13. The van der Waals surface area contributed by atoms with Gasteiger partial charge in [-0.15, -0.1) is 0 Å². The Hall–Kier alpha value is -2.34. The molecular formula is C17H11Cl3N4O. The summed E-state index contributed by atoms with van der Waals surface area (Å²) in [5.41, 5.74) is 1.23. The Morgan fingerprint density at radius 3 is 2.28 bits per heavy atom. The average Bonchev–Trinajstić information content (AvgIpc) is 2.59. The first kappa shape index (κ1) is 17.5.